The number of halogens is 1. The van der Waals surface area contributed by atoms with Crippen LogP contribution in [0.25, 0.3) is 17.0 Å². The summed E-state index contributed by atoms with van der Waals surface area (Å²) in [5.41, 5.74) is 6.01. The number of pyridine rings is 1. The molecule has 0 saturated carbocycles. The van der Waals surface area contributed by atoms with E-state index in [1.54, 1.807) is 26.4 Å². The molecular formula is C29H33ClN8O2. The van der Waals surface area contributed by atoms with Crippen molar-refractivity contribution < 1.29 is 9.53 Å². The predicted octanol–water partition coefficient (Wildman–Crippen LogP) is 4.83. The average Bonchev–Trinajstić information content (AvgIpc) is 3.37. The van der Waals surface area contributed by atoms with Gasteiger partial charge in [-0.05, 0) is 36.8 Å². The summed E-state index contributed by atoms with van der Waals surface area (Å²) in [5.74, 6) is 1.16. The fourth-order valence-corrected chi connectivity index (χ4v) is 4.88. The number of amides is 1. The smallest absolute Gasteiger partial charge is 0.227 e. The lowest BCUT2D eigenvalue weighted by atomic mass is 10.2. The van der Waals surface area contributed by atoms with E-state index < -0.39 is 0 Å². The number of benzene rings is 1. The molecule has 4 aromatic rings. The molecule has 3 aromatic heterocycles. The van der Waals surface area contributed by atoms with Gasteiger partial charge in [-0.25, -0.2) is 15.0 Å². The molecule has 0 bridgehead atoms. The average molecular weight is 561 g/mol. The predicted molar refractivity (Wildman–Crippen MR) is 158 cm³/mol. The van der Waals surface area contributed by atoms with Crippen molar-refractivity contribution >= 4 is 40.5 Å². The summed E-state index contributed by atoms with van der Waals surface area (Å²) < 4.78 is 7.65. The van der Waals surface area contributed by atoms with Crippen LogP contribution in [0.15, 0.2) is 61.2 Å². The molecule has 1 saturated heterocycles. The van der Waals surface area contributed by atoms with Crippen molar-refractivity contribution in [3.63, 3.8) is 0 Å². The van der Waals surface area contributed by atoms with Crippen LogP contribution in [0.1, 0.15) is 19.4 Å². The van der Waals surface area contributed by atoms with Crippen molar-refractivity contribution in [2.24, 2.45) is 0 Å². The van der Waals surface area contributed by atoms with Gasteiger partial charge >= 0.3 is 0 Å². The standard InChI is InChI=1S/C29H33ClN8O2/c1-19(2)35(4)18-21-8-9-38-25(17-31-27(38)14-21)28-23(30)16-32-29(34-28)33-24-7-6-22(15-26(24)40-5)37-12-10-36(11-13-37)20(3)39/h6-9,14-17H,1,10-13,18H2,2-5H3,(H,32,33,34). The van der Waals surface area contributed by atoms with Crippen molar-refractivity contribution in [3.8, 4) is 17.1 Å². The Balaban J connectivity index is 1.37. The topological polar surface area (TPSA) is 91.1 Å². The van der Waals surface area contributed by atoms with Gasteiger partial charge in [-0.3, -0.25) is 9.20 Å². The van der Waals surface area contributed by atoms with Gasteiger partial charge in [-0.2, -0.15) is 0 Å². The van der Waals surface area contributed by atoms with Crippen LogP contribution < -0.4 is 15.0 Å². The minimum Gasteiger partial charge on any atom is -0.494 e. The summed E-state index contributed by atoms with van der Waals surface area (Å²) in [7, 11) is 3.64. The molecule has 11 heteroatoms. The van der Waals surface area contributed by atoms with Crippen molar-refractivity contribution in [2.45, 2.75) is 20.4 Å². The van der Waals surface area contributed by atoms with E-state index in [0.29, 0.717) is 35.5 Å². The van der Waals surface area contributed by atoms with Gasteiger partial charge in [0.05, 0.1) is 35.9 Å². The molecule has 1 aliphatic heterocycles. The monoisotopic (exact) mass is 560 g/mol. The molecule has 1 N–H and O–H groups in total. The molecule has 40 heavy (non-hydrogen) atoms. The van der Waals surface area contributed by atoms with Crippen LogP contribution in [0.3, 0.4) is 0 Å². The number of nitrogens with zero attached hydrogens (tertiary/aromatic N) is 7. The number of nitrogens with one attached hydrogen (secondary N) is 1. The summed E-state index contributed by atoms with van der Waals surface area (Å²) in [6.45, 7) is 11.3. The van der Waals surface area contributed by atoms with Gasteiger partial charge < -0.3 is 24.8 Å². The van der Waals surface area contributed by atoms with Gasteiger partial charge in [-0.15, -0.1) is 0 Å². The van der Waals surface area contributed by atoms with Gasteiger partial charge in [0, 0.05) is 70.3 Å². The maximum absolute atomic E-state index is 11.7. The number of carbonyl (C=O) groups is 1. The lowest BCUT2D eigenvalue weighted by Crippen LogP contribution is -2.48. The first kappa shape index (κ1) is 27.3. The number of allylic oxidation sites excluding steroid dienone is 1. The highest BCUT2D eigenvalue weighted by Gasteiger charge is 2.20. The second-order valence-electron chi connectivity index (χ2n) is 9.89. The van der Waals surface area contributed by atoms with Crippen LogP contribution in [-0.4, -0.2) is 75.4 Å². The molecule has 0 aliphatic carbocycles. The Morgan fingerprint density at radius 2 is 1.90 bits per heavy atom. The quantitative estimate of drug-likeness (QED) is 0.328. The molecule has 1 aliphatic rings. The van der Waals surface area contributed by atoms with Gasteiger partial charge in [0.1, 0.15) is 17.1 Å². The summed E-state index contributed by atoms with van der Waals surface area (Å²) in [4.78, 5) is 31.6. The zero-order chi connectivity index (χ0) is 28.4. The zero-order valence-electron chi connectivity index (χ0n) is 23.2. The number of rotatable bonds is 8. The first-order chi connectivity index (χ1) is 19.2. The zero-order valence-corrected chi connectivity index (χ0v) is 23.9. The Kier molecular flexibility index (Phi) is 7.79. The number of piperazine rings is 1. The molecule has 0 radical (unpaired) electrons. The number of fused-ring (bicyclic) bond motifs is 1. The highest BCUT2D eigenvalue weighted by atomic mass is 35.5. The Bertz CT molecular complexity index is 1560. The number of imidazole rings is 1. The number of anilines is 3. The molecule has 1 amide bonds. The molecule has 5 rings (SSSR count). The fourth-order valence-electron chi connectivity index (χ4n) is 4.69. The molecule has 0 unspecified atom stereocenters. The fraction of sp³-hybridized carbons (Fsp3) is 0.310. The largest absolute Gasteiger partial charge is 0.494 e. The molecule has 1 aromatic carbocycles. The van der Waals surface area contributed by atoms with Crippen LogP contribution >= 0.6 is 11.6 Å². The maximum Gasteiger partial charge on any atom is 0.227 e. The van der Waals surface area contributed by atoms with Crippen molar-refractivity contribution in [2.75, 3.05) is 50.6 Å². The number of hydrogen-bond acceptors (Lipinski definition) is 8. The SMILES string of the molecule is C=C(C)N(C)Cc1ccn2c(-c3nc(Nc4ccc(N5CCN(C(C)=O)CC5)cc4OC)ncc3Cl)cnc2c1. The normalized spacial score (nSPS) is 13.4. The van der Waals surface area contributed by atoms with E-state index in [9.17, 15) is 4.79 Å². The maximum atomic E-state index is 11.7. The van der Waals surface area contributed by atoms with Gasteiger partial charge in [-0.1, -0.05) is 18.2 Å². The van der Waals surface area contributed by atoms with Crippen LogP contribution in [0.4, 0.5) is 17.3 Å². The lowest BCUT2D eigenvalue weighted by molar-refractivity contribution is -0.129. The number of methoxy groups -OCH3 is 1. The van der Waals surface area contributed by atoms with Crippen molar-refractivity contribution in [1.29, 1.82) is 0 Å². The number of ether oxygens (including phenoxy) is 1. The molecular weight excluding hydrogens is 528 g/mol. The Morgan fingerprint density at radius 3 is 2.60 bits per heavy atom. The summed E-state index contributed by atoms with van der Waals surface area (Å²) >= 11 is 6.56. The first-order valence-corrected chi connectivity index (χ1v) is 13.4. The first-order valence-electron chi connectivity index (χ1n) is 13.0. The molecule has 0 spiro atoms. The second kappa shape index (κ2) is 11.4. The van der Waals surface area contributed by atoms with Gasteiger partial charge in [0.25, 0.3) is 0 Å². The third-order valence-corrected chi connectivity index (χ3v) is 7.43. The van der Waals surface area contributed by atoms with Crippen LogP contribution in [0.2, 0.25) is 5.02 Å². The molecule has 0 atom stereocenters. The second-order valence-corrected chi connectivity index (χ2v) is 10.3. The number of carbonyl (C=O) groups excluding carboxylic acids is 1. The molecule has 1 fully saturated rings. The van der Waals surface area contributed by atoms with E-state index in [-0.39, 0.29) is 5.91 Å². The van der Waals surface area contributed by atoms with Crippen molar-refractivity contribution in [3.05, 3.63) is 71.8 Å². The minimum absolute atomic E-state index is 0.110. The summed E-state index contributed by atoms with van der Waals surface area (Å²) in [6, 6.07) is 10.1. The third-order valence-electron chi connectivity index (χ3n) is 7.16. The molecule has 208 valence electrons. The van der Waals surface area contributed by atoms with E-state index in [0.717, 1.165) is 53.6 Å². The minimum atomic E-state index is 0.110. The van der Waals surface area contributed by atoms with E-state index >= 15 is 0 Å². The molecule has 10 nitrogen and oxygen atoms in total. The Hall–Kier alpha value is -4.31. The van der Waals surface area contributed by atoms with Gasteiger partial charge in [0.2, 0.25) is 11.9 Å². The third kappa shape index (κ3) is 5.67. The van der Waals surface area contributed by atoms with E-state index in [2.05, 4.69) is 37.7 Å². The molecule has 4 heterocycles. The van der Waals surface area contributed by atoms with Crippen molar-refractivity contribution in [1.82, 2.24) is 29.2 Å². The van der Waals surface area contributed by atoms with Gasteiger partial charge in [0.15, 0.2) is 0 Å². The Labute approximate surface area is 238 Å². The Morgan fingerprint density at radius 1 is 1.12 bits per heavy atom. The van der Waals surface area contributed by atoms with Crippen LogP contribution in [0, 0.1) is 0 Å². The van der Waals surface area contributed by atoms with E-state index in [1.807, 2.05) is 53.7 Å². The highest BCUT2D eigenvalue weighted by Crippen LogP contribution is 2.33. The highest BCUT2D eigenvalue weighted by molar-refractivity contribution is 6.32. The number of hydrogen-bond donors (Lipinski definition) is 1. The summed E-state index contributed by atoms with van der Waals surface area (Å²) in [6.07, 6.45) is 5.32. The van der Waals surface area contributed by atoms with E-state index in [4.69, 9.17) is 21.3 Å². The van der Waals surface area contributed by atoms with E-state index in [1.165, 1.54) is 0 Å². The lowest BCUT2D eigenvalue weighted by Gasteiger charge is -2.35. The number of aromatic nitrogens is 4. The van der Waals surface area contributed by atoms with Crippen LogP contribution in [0.5, 0.6) is 5.75 Å². The van der Waals surface area contributed by atoms with Crippen LogP contribution in [-0.2, 0) is 11.3 Å². The summed E-state index contributed by atoms with van der Waals surface area (Å²) in [5, 5.41) is 3.70.